The summed E-state index contributed by atoms with van der Waals surface area (Å²) >= 11 is 0. The quantitative estimate of drug-likeness (QED) is 0.914. The lowest BCUT2D eigenvalue weighted by molar-refractivity contribution is 0.184. The number of aryl methyl sites for hydroxylation is 2. The van der Waals surface area contributed by atoms with E-state index in [1.165, 1.54) is 27.8 Å². The second-order valence-corrected chi connectivity index (χ2v) is 5.62. The SMILES string of the molecule is COCc1cc(-c2c(C)cc(O)c3c2CC3)ccc1C. The molecule has 2 aromatic rings. The van der Waals surface area contributed by atoms with Gasteiger partial charge in [-0.2, -0.15) is 0 Å². The molecule has 1 aliphatic rings. The van der Waals surface area contributed by atoms with Gasteiger partial charge in [-0.3, -0.25) is 0 Å². The summed E-state index contributed by atoms with van der Waals surface area (Å²) in [7, 11) is 1.73. The van der Waals surface area contributed by atoms with E-state index >= 15 is 0 Å². The van der Waals surface area contributed by atoms with Crippen LogP contribution in [-0.4, -0.2) is 12.2 Å². The van der Waals surface area contributed by atoms with Crippen LogP contribution < -0.4 is 0 Å². The maximum absolute atomic E-state index is 9.97. The number of phenolic OH excluding ortho intramolecular Hbond substituents is 1. The third-order valence-electron chi connectivity index (χ3n) is 4.29. The van der Waals surface area contributed by atoms with Crippen LogP contribution in [0.1, 0.15) is 27.8 Å². The van der Waals surface area contributed by atoms with Gasteiger partial charge in [-0.1, -0.05) is 12.1 Å². The number of rotatable bonds is 3. The topological polar surface area (TPSA) is 29.5 Å². The molecule has 1 N–H and O–H groups in total. The van der Waals surface area contributed by atoms with Crippen LogP contribution >= 0.6 is 0 Å². The molecule has 0 heterocycles. The molecule has 1 aliphatic carbocycles. The second-order valence-electron chi connectivity index (χ2n) is 5.62. The van der Waals surface area contributed by atoms with Crippen molar-refractivity contribution < 1.29 is 9.84 Å². The summed E-state index contributed by atoms with van der Waals surface area (Å²) in [6.45, 7) is 4.82. The first-order valence-corrected chi connectivity index (χ1v) is 7.05. The zero-order valence-corrected chi connectivity index (χ0v) is 12.3. The van der Waals surface area contributed by atoms with Crippen LogP contribution in [0, 0.1) is 13.8 Å². The van der Waals surface area contributed by atoms with Gasteiger partial charge in [-0.05, 0) is 77.8 Å². The molecule has 0 unspecified atom stereocenters. The molecule has 0 spiro atoms. The number of hydrogen-bond acceptors (Lipinski definition) is 2. The van der Waals surface area contributed by atoms with Gasteiger partial charge in [0.2, 0.25) is 0 Å². The van der Waals surface area contributed by atoms with Crippen molar-refractivity contribution in [1.29, 1.82) is 0 Å². The highest BCUT2D eigenvalue weighted by Gasteiger charge is 2.23. The summed E-state index contributed by atoms with van der Waals surface area (Å²) in [6.07, 6.45) is 2.05. The fourth-order valence-corrected chi connectivity index (χ4v) is 3.08. The number of aromatic hydroxyl groups is 1. The van der Waals surface area contributed by atoms with Crippen molar-refractivity contribution >= 4 is 0 Å². The lowest BCUT2D eigenvalue weighted by Gasteiger charge is -2.26. The summed E-state index contributed by atoms with van der Waals surface area (Å²) in [5, 5.41) is 9.97. The summed E-state index contributed by atoms with van der Waals surface area (Å²) < 4.78 is 5.28. The molecule has 20 heavy (non-hydrogen) atoms. The maximum atomic E-state index is 9.97. The molecule has 0 amide bonds. The van der Waals surface area contributed by atoms with Gasteiger partial charge in [-0.15, -0.1) is 0 Å². The van der Waals surface area contributed by atoms with Crippen molar-refractivity contribution in [1.82, 2.24) is 0 Å². The monoisotopic (exact) mass is 268 g/mol. The van der Waals surface area contributed by atoms with E-state index in [1.807, 2.05) is 6.07 Å². The summed E-state index contributed by atoms with van der Waals surface area (Å²) in [6, 6.07) is 8.44. The number of hydrogen-bond donors (Lipinski definition) is 1. The Balaban J connectivity index is 2.15. The molecule has 3 rings (SSSR count). The van der Waals surface area contributed by atoms with Crippen molar-refractivity contribution in [2.75, 3.05) is 7.11 Å². The van der Waals surface area contributed by atoms with Gasteiger partial charge < -0.3 is 9.84 Å². The van der Waals surface area contributed by atoms with E-state index in [9.17, 15) is 5.11 Å². The van der Waals surface area contributed by atoms with Gasteiger partial charge >= 0.3 is 0 Å². The van der Waals surface area contributed by atoms with Crippen LogP contribution in [0.4, 0.5) is 0 Å². The lowest BCUT2D eigenvalue weighted by atomic mass is 9.79. The van der Waals surface area contributed by atoms with Crippen LogP contribution in [0.3, 0.4) is 0 Å². The Morgan fingerprint density at radius 3 is 2.45 bits per heavy atom. The average molecular weight is 268 g/mol. The molecule has 0 fully saturated rings. The predicted octanol–water partition coefficient (Wildman–Crippen LogP) is 3.92. The van der Waals surface area contributed by atoms with E-state index in [0.717, 1.165) is 24.0 Å². The number of fused-ring (bicyclic) bond motifs is 1. The Morgan fingerprint density at radius 2 is 1.80 bits per heavy atom. The van der Waals surface area contributed by atoms with E-state index in [-0.39, 0.29) is 0 Å². The Labute approximate surface area is 120 Å². The molecule has 0 bridgehead atoms. The molecule has 0 aliphatic heterocycles. The van der Waals surface area contributed by atoms with Crippen LogP contribution in [0.2, 0.25) is 0 Å². The number of methoxy groups -OCH3 is 1. The van der Waals surface area contributed by atoms with E-state index in [2.05, 4.69) is 32.0 Å². The molecule has 0 saturated heterocycles. The van der Waals surface area contributed by atoms with E-state index in [1.54, 1.807) is 7.11 Å². The fourth-order valence-electron chi connectivity index (χ4n) is 3.08. The van der Waals surface area contributed by atoms with Crippen molar-refractivity contribution in [3.63, 3.8) is 0 Å². The maximum Gasteiger partial charge on any atom is 0.119 e. The zero-order chi connectivity index (χ0) is 14.3. The third-order valence-corrected chi connectivity index (χ3v) is 4.29. The van der Waals surface area contributed by atoms with Gasteiger partial charge in [0, 0.05) is 7.11 Å². The van der Waals surface area contributed by atoms with Gasteiger partial charge in [0.25, 0.3) is 0 Å². The molecule has 0 radical (unpaired) electrons. The molecule has 2 heteroatoms. The summed E-state index contributed by atoms with van der Waals surface area (Å²) in [5.41, 5.74) is 8.59. The minimum atomic E-state index is 0.455. The first-order valence-electron chi connectivity index (χ1n) is 7.05. The highest BCUT2D eigenvalue weighted by molar-refractivity contribution is 5.76. The highest BCUT2D eigenvalue weighted by atomic mass is 16.5. The van der Waals surface area contributed by atoms with Gasteiger partial charge in [0.05, 0.1) is 6.61 Å². The van der Waals surface area contributed by atoms with Crippen LogP contribution in [0.25, 0.3) is 11.1 Å². The smallest absolute Gasteiger partial charge is 0.119 e. The minimum absolute atomic E-state index is 0.455. The molecule has 2 aromatic carbocycles. The van der Waals surface area contributed by atoms with E-state index in [0.29, 0.717) is 12.4 Å². The molecular formula is C18H20O2. The number of phenols is 1. The first kappa shape index (κ1) is 13.2. The molecule has 104 valence electrons. The Kier molecular flexibility index (Phi) is 3.27. The third kappa shape index (κ3) is 2.01. The largest absolute Gasteiger partial charge is 0.508 e. The van der Waals surface area contributed by atoms with Crippen LogP contribution in [-0.2, 0) is 24.2 Å². The second kappa shape index (κ2) is 4.95. The van der Waals surface area contributed by atoms with Gasteiger partial charge in [0.1, 0.15) is 5.75 Å². The first-order chi connectivity index (χ1) is 9.61. The van der Waals surface area contributed by atoms with Gasteiger partial charge in [0.15, 0.2) is 0 Å². The number of ether oxygens (including phenoxy) is 1. The Morgan fingerprint density at radius 1 is 1.05 bits per heavy atom. The molecule has 0 saturated carbocycles. The van der Waals surface area contributed by atoms with Crippen molar-refractivity contribution in [3.05, 3.63) is 52.1 Å². The normalized spacial score (nSPS) is 12.9. The number of benzene rings is 2. The van der Waals surface area contributed by atoms with Gasteiger partial charge in [-0.25, -0.2) is 0 Å². The zero-order valence-electron chi connectivity index (χ0n) is 12.3. The van der Waals surface area contributed by atoms with Crippen molar-refractivity contribution in [2.45, 2.75) is 33.3 Å². The molecule has 0 aromatic heterocycles. The molecule has 0 atom stereocenters. The summed E-state index contributed by atoms with van der Waals surface area (Å²) in [5.74, 6) is 0.455. The molecule has 2 nitrogen and oxygen atoms in total. The standard InChI is InChI=1S/C18H20O2/c1-11-4-5-13(9-14(11)10-20-3)18-12(2)8-17(19)15-6-7-16(15)18/h4-5,8-9,19H,6-7,10H2,1-3H3. The Bertz CT molecular complexity index is 672. The van der Waals surface area contributed by atoms with Crippen molar-refractivity contribution in [3.8, 4) is 16.9 Å². The van der Waals surface area contributed by atoms with Crippen molar-refractivity contribution in [2.24, 2.45) is 0 Å². The van der Waals surface area contributed by atoms with E-state index < -0.39 is 0 Å². The predicted molar refractivity (Wildman–Crippen MR) is 81.1 cm³/mol. The molecular weight excluding hydrogens is 248 g/mol. The van der Waals surface area contributed by atoms with Crippen LogP contribution in [0.5, 0.6) is 5.75 Å². The fraction of sp³-hybridized carbons (Fsp3) is 0.333. The highest BCUT2D eigenvalue weighted by Crippen LogP contribution is 2.41. The van der Waals surface area contributed by atoms with Crippen LogP contribution in [0.15, 0.2) is 24.3 Å². The Hall–Kier alpha value is -1.80. The average Bonchev–Trinajstić information content (AvgIpc) is 2.36. The minimum Gasteiger partial charge on any atom is -0.508 e. The summed E-state index contributed by atoms with van der Waals surface area (Å²) in [4.78, 5) is 0. The van der Waals surface area contributed by atoms with E-state index in [4.69, 9.17) is 4.74 Å². The lowest BCUT2D eigenvalue weighted by Crippen LogP contribution is -2.11.